The first kappa shape index (κ1) is 12.9. The van der Waals surface area contributed by atoms with Crippen LogP contribution >= 0.6 is 0 Å². The van der Waals surface area contributed by atoms with Gasteiger partial charge in [0.05, 0.1) is 0 Å². The molecule has 1 unspecified atom stereocenters. The van der Waals surface area contributed by atoms with Crippen molar-refractivity contribution in [3.8, 4) is 0 Å². The summed E-state index contributed by atoms with van der Waals surface area (Å²) in [4.78, 5) is 11.7. The summed E-state index contributed by atoms with van der Waals surface area (Å²) in [5, 5.41) is 9.00. The molecule has 1 fully saturated rings. The van der Waals surface area contributed by atoms with E-state index in [1.807, 2.05) is 31.3 Å². The van der Waals surface area contributed by atoms with E-state index in [2.05, 4.69) is 29.8 Å². The van der Waals surface area contributed by atoms with Gasteiger partial charge in [-0.3, -0.25) is 0 Å². The highest BCUT2D eigenvalue weighted by Gasteiger charge is 2.38. The van der Waals surface area contributed by atoms with Gasteiger partial charge in [-0.25, -0.2) is 4.79 Å². The van der Waals surface area contributed by atoms with E-state index < -0.39 is 0 Å². The molecule has 98 valence electrons. The molecule has 1 aromatic carbocycles. The van der Waals surface area contributed by atoms with Crippen LogP contribution in [0.1, 0.15) is 38.3 Å². The Morgan fingerprint density at radius 3 is 2.39 bits per heavy atom. The number of hydrogen-bond donors (Lipinski definition) is 3. The topological polar surface area (TPSA) is 53.2 Å². The summed E-state index contributed by atoms with van der Waals surface area (Å²) in [6.45, 7) is 4.16. The lowest BCUT2D eigenvalue weighted by molar-refractivity contribution is 0.248. The fraction of sp³-hybridized carbons (Fsp3) is 0.500. The smallest absolute Gasteiger partial charge is 0.319 e. The van der Waals surface area contributed by atoms with Crippen molar-refractivity contribution in [2.24, 2.45) is 0 Å². The first-order valence-corrected chi connectivity index (χ1v) is 6.39. The van der Waals surface area contributed by atoms with Crippen molar-refractivity contribution in [2.75, 3.05) is 12.4 Å². The lowest BCUT2D eigenvalue weighted by Gasteiger charge is -2.14. The first-order chi connectivity index (χ1) is 8.52. The Labute approximate surface area is 108 Å². The van der Waals surface area contributed by atoms with Gasteiger partial charge in [0.15, 0.2) is 0 Å². The maximum Gasteiger partial charge on any atom is 0.319 e. The largest absolute Gasteiger partial charge is 0.333 e. The Balaban J connectivity index is 1.91. The summed E-state index contributed by atoms with van der Waals surface area (Å²) in [5.41, 5.74) is 2.05. The van der Waals surface area contributed by atoms with E-state index >= 15 is 0 Å². The number of hydrogen-bond acceptors (Lipinski definition) is 2. The summed E-state index contributed by atoms with van der Waals surface area (Å²) in [7, 11) is 1.93. The van der Waals surface area contributed by atoms with Crippen LogP contribution in [-0.2, 0) is 0 Å². The quantitative estimate of drug-likeness (QED) is 0.766. The number of urea groups is 1. The number of benzene rings is 1. The molecule has 1 aliphatic rings. The molecule has 0 heterocycles. The maximum atomic E-state index is 11.7. The summed E-state index contributed by atoms with van der Waals surface area (Å²) in [6, 6.07) is 8.10. The molecule has 1 atom stereocenters. The van der Waals surface area contributed by atoms with E-state index in [1.165, 1.54) is 5.56 Å². The molecule has 0 aromatic heterocycles. The lowest BCUT2D eigenvalue weighted by Crippen LogP contribution is -2.37. The number of anilines is 1. The molecule has 2 amide bonds. The van der Waals surface area contributed by atoms with Crippen LogP contribution in [0.3, 0.4) is 0 Å². The van der Waals surface area contributed by atoms with Crippen molar-refractivity contribution in [2.45, 2.75) is 38.3 Å². The van der Waals surface area contributed by atoms with Crippen molar-refractivity contribution in [3.63, 3.8) is 0 Å². The van der Waals surface area contributed by atoms with Crippen LogP contribution in [0.4, 0.5) is 10.5 Å². The Kier molecular flexibility index (Phi) is 3.57. The Hall–Kier alpha value is -1.55. The van der Waals surface area contributed by atoms with Crippen molar-refractivity contribution in [1.29, 1.82) is 0 Å². The predicted molar refractivity (Wildman–Crippen MR) is 73.7 cm³/mol. The minimum absolute atomic E-state index is 0.0185. The van der Waals surface area contributed by atoms with Gasteiger partial charge in [-0.15, -0.1) is 0 Å². The second-order valence-corrected chi connectivity index (χ2v) is 5.27. The Bertz CT molecular complexity index is 423. The van der Waals surface area contributed by atoms with Crippen LogP contribution in [0.15, 0.2) is 24.3 Å². The van der Waals surface area contributed by atoms with Gasteiger partial charge in [-0.2, -0.15) is 0 Å². The first-order valence-electron chi connectivity index (χ1n) is 6.39. The lowest BCUT2D eigenvalue weighted by atomic mass is 10.1. The zero-order valence-corrected chi connectivity index (χ0v) is 11.2. The number of carbonyl (C=O) groups is 1. The average molecular weight is 247 g/mol. The number of carbonyl (C=O) groups excluding carboxylic acids is 1. The zero-order valence-electron chi connectivity index (χ0n) is 11.2. The molecule has 0 saturated heterocycles. The van der Waals surface area contributed by atoms with Crippen molar-refractivity contribution < 1.29 is 4.79 Å². The van der Waals surface area contributed by atoms with E-state index in [1.54, 1.807) is 0 Å². The van der Waals surface area contributed by atoms with Gasteiger partial charge < -0.3 is 16.0 Å². The van der Waals surface area contributed by atoms with Crippen LogP contribution in [0.5, 0.6) is 0 Å². The van der Waals surface area contributed by atoms with Crippen molar-refractivity contribution >= 4 is 11.7 Å². The molecule has 0 radical (unpaired) electrons. The van der Waals surface area contributed by atoms with Gasteiger partial charge in [0, 0.05) is 17.3 Å². The van der Waals surface area contributed by atoms with E-state index in [4.69, 9.17) is 0 Å². The van der Waals surface area contributed by atoms with Crippen LogP contribution in [0, 0.1) is 0 Å². The van der Waals surface area contributed by atoms with E-state index in [0.717, 1.165) is 18.5 Å². The van der Waals surface area contributed by atoms with Gasteiger partial charge >= 0.3 is 6.03 Å². The molecule has 18 heavy (non-hydrogen) atoms. The molecule has 0 spiro atoms. The highest BCUT2D eigenvalue weighted by molar-refractivity contribution is 5.90. The van der Waals surface area contributed by atoms with E-state index in [9.17, 15) is 4.79 Å². The third-order valence-electron chi connectivity index (χ3n) is 3.52. The highest BCUT2D eigenvalue weighted by Crippen LogP contribution is 2.34. The molecule has 2 rings (SSSR count). The third-order valence-corrected chi connectivity index (χ3v) is 3.52. The third kappa shape index (κ3) is 3.23. The number of amides is 2. The molecule has 0 aliphatic heterocycles. The van der Waals surface area contributed by atoms with Crippen molar-refractivity contribution in [3.05, 3.63) is 29.8 Å². The second kappa shape index (κ2) is 4.98. The van der Waals surface area contributed by atoms with Gasteiger partial charge in [0.1, 0.15) is 0 Å². The SMILES string of the molecule is CNC(C)c1ccc(NC(=O)NC2(C)CC2)cc1. The van der Waals surface area contributed by atoms with E-state index in [-0.39, 0.29) is 11.6 Å². The molecular weight excluding hydrogens is 226 g/mol. The molecule has 1 aromatic rings. The summed E-state index contributed by atoms with van der Waals surface area (Å²) in [6.07, 6.45) is 2.14. The van der Waals surface area contributed by atoms with Gasteiger partial charge in [-0.05, 0) is 51.4 Å². The minimum atomic E-state index is -0.121. The Morgan fingerprint density at radius 2 is 1.89 bits per heavy atom. The summed E-state index contributed by atoms with van der Waals surface area (Å²) < 4.78 is 0. The number of rotatable bonds is 4. The second-order valence-electron chi connectivity index (χ2n) is 5.27. The fourth-order valence-corrected chi connectivity index (χ4v) is 1.77. The molecule has 4 nitrogen and oxygen atoms in total. The van der Waals surface area contributed by atoms with Gasteiger partial charge in [0.25, 0.3) is 0 Å². The normalized spacial score (nSPS) is 17.9. The van der Waals surface area contributed by atoms with Crippen LogP contribution in [0.25, 0.3) is 0 Å². The average Bonchev–Trinajstić information content (AvgIpc) is 3.06. The molecular formula is C14H21N3O. The highest BCUT2D eigenvalue weighted by atomic mass is 16.2. The molecule has 4 heteroatoms. The minimum Gasteiger partial charge on any atom is -0.333 e. The zero-order chi connectivity index (χ0) is 13.2. The van der Waals surface area contributed by atoms with Gasteiger partial charge in [0.2, 0.25) is 0 Å². The van der Waals surface area contributed by atoms with Crippen LogP contribution in [0.2, 0.25) is 0 Å². The molecule has 3 N–H and O–H groups in total. The monoisotopic (exact) mass is 247 g/mol. The molecule has 1 aliphatic carbocycles. The van der Waals surface area contributed by atoms with E-state index in [0.29, 0.717) is 6.04 Å². The van der Waals surface area contributed by atoms with Crippen LogP contribution < -0.4 is 16.0 Å². The maximum absolute atomic E-state index is 11.7. The standard InChI is InChI=1S/C14H21N3O/c1-10(15-3)11-4-6-12(7-5-11)16-13(18)17-14(2)8-9-14/h4-7,10,15H,8-9H2,1-3H3,(H2,16,17,18). The summed E-state index contributed by atoms with van der Waals surface area (Å²) >= 11 is 0. The van der Waals surface area contributed by atoms with Crippen LogP contribution in [-0.4, -0.2) is 18.6 Å². The summed E-state index contributed by atoms with van der Waals surface area (Å²) in [5.74, 6) is 0. The van der Waals surface area contributed by atoms with Gasteiger partial charge in [-0.1, -0.05) is 12.1 Å². The molecule has 1 saturated carbocycles. The predicted octanol–water partition coefficient (Wildman–Crippen LogP) is 2.64. The Morgan fingerprint density at radius 1 is 1.28 bits per heavy atom. The number of nitrogens with one attached hydrogen (secondary N) is 3. The molecule has 0 bridgehead atoms. The fourth-order valence-electron chi connectivity index (χ4n) is 1.77. The van der Waals surface area contributed by atoms with Crippen molar-refractivity contribution in [1.82, 2.24) is 10.6 Å².